The van der Waals surface area contributed by atoms with Crippen LogP contribution < -0.4 is 5.32 Å². The van der Waals surface area contributed by atoms with Crippen LogP contribution >= 0.6 is 0 Å². The van der Waals surface area contributed by atoms with Crippen molar-refractivity contribution in [1.82, 2.24) is 10.2 Å². The molecule has 1 aromatic rings. The maximum atomic E-state index is 13.6. The van der Waals surface area contributed by atoms with Gasteiger partial charge in [-0.1, -0.05) is 19.9 Å². The third-order valence-electron chi connectivity index (χ3n) is 3.22. The van der Waals surface area contributed by atoms with Gasteiger partial charge in [-0.15, -0.1) is 0 Å². The van der Waals surface area contributed by atoms with Gasteiger partial charge in [-0.3, -0.25) is 0 Å². The van der Waals surface area contributed by atoms with E-state index in [1.165, 1.54) is 6.07 Å². The Morgan fingerprint density at radius 1 is 1.33 bits per heavy atom. The maximum absolute atomic E-state index is 13.6. The van der Waals surface area contributed by atoms with Gasteiger partial charge in [0.05, 0.1) is 0 Å². The number of halogens is 1. The zero-order valence-electron chi connectivity index (χ0n) is 11.4. The molecule has 0 saturated carbocycles. The summed E-state index contributed by atoms with van der Waals surface area (Å²) in [7, 11) is 0. The predicted octanol–water partition coefficient (Wildman–Crippen LogP) is 2.52. The van der Waals surface area contributed by atoms with Crippen molar-refractivity contribution in [1.29, 1.82) is 0 Å². The van der Waals surface area contributed by atoms with Crippen molar-refractivity contribution in [2.24, 2.45) is 0 Å². The molecule has 0 aliphatic carbocycles. The fourth-order valence-corrected chi connectivity index (χ4v) is 1.96. The summed E-state index contributed by atoms with van der Waals surface area (Å²) >= 11 is 0. The van der Waals surface area contributed by atoms with E-state index in [9.17, 15) is 4.39 Å². The fraction of sp³-hybridized carbons (Fsp3) is 0.571. The average molecular weight is 254 g/mol. The van der Waals surface area contributed by atoms with Crippen LogP contribution in [0, 0.1) is 5.82 Å². The molecular formula is C14H23FN2O. The Morgan fingerprint density at radius 3 is 2.56 bits per heavy atom. The number of hydrogen-bond acceptors (Lipinski definition) is 3. The van der Waals surface area contributed by atoms with Crippen LogP contribution in [0.1, 0.15) is 32.4 Å². The zero-order valence-corrected chi connectivity index (χ0v) is 11.4. The molecule has 1 atom stereocenters. The van der Waals surface area contributed by atoms with Crippen molar-refractivity contribution in [2.45, 2.75) is 26.8 Å². The number of nitrogens with zero attached hydrogens (tertiary/aromatic N) is 1. The van der Waals surface area contributed by atoms with Gasteiger partial charge in [0.15, 0.2) is 0 Å². The first-order valence-electron chi connectivity index (χ1n) is 6.52. The Labute approximate surface area is 109 Å². The largest absolute Gasteiger partial charge is 0.508 e. The molecule has 0 aromatic heterocycles. The highest BCUT2D eigenvalue weighted by Crippen LogP contribution is 2.20. The average Bonchev–Trinajstić information content (AvgIpc) is 2.34. The molecule has 0 aliphatic heterocycles. The number of nitrogens with one attached hydrogen (secondary N) is 1. The first kappa shape index (κ1) is 14.9. The number of rotatable bonds is 7. The standard InChI is InChI=1S/C14H23FN2O/c1-4-17(5-2)9-8-16-11(3)13-7-6-12(18)10-14(13)15/h6-7,10-11,16,18H,4-5,8-9H2,1-3H3. The van der Waals surface area contributed by atoms with Gasteiger partial charge >= 0.3 is 0 Å². The highest BCUT2D eigenvalue weighted by Gasteiger charge is 2.11. The topological polar surface area (TPSA) is 35.5 Å². The smallest absolute Gasteiger partial charge is 0.131 e. The van der Waals surface area contributed by atoms with Crippen LogP contribution in [-0.4, -0.2) is 36.2 Å². The Kier molecular flexibility index (Phi) is 6.09. The summed E-state index contributed by atoms with van der Waals surface area (Å²) in [5, 5.41) is 12.5. The summed E-state index contributed by atoms with van der Waals surface area (Å²) in [5.41, 5.74) is 0.590. The highest BCUT2D eigenvalue weighted by molar-refractivity contribution is 5.29. The fourth-order valence-electron chi connectivity index (χ4n) is 1.96. The summed E-state index contributed by atoms with van der Waals surface area (Å²) in [5.74, 6) is -0.399. The number of benzene rings is 1. The van der Waals surface area contributed by atoms with Gasteiger partial charge < -0.3 is 15.3 Å². The lowest BCUT2D eigenvalue weighted by molar-refractivity contribution is 0.297. The second-order valence-corrected chi connectivity index (χ2v) is 4.41. The van der Waals surface area contributed by atoms with Crippen LogP contribution in [0.5, 0.6) is 5.75 Å². The second-order valence-electron chi connectivity index (χ2n) is 4.41. The van der Waals surface area contributed by atoms with E-state index in [0.717, 1.165) is 32.2 Å². The molecule has 102 valence electrons. The Morgan fingerprint density at radius 2 is 2.00 bits per heavy atom. The Hall–Kier alpha value is -1.13. The van der Waals surface area contributed by atoms with Crippen molar-refractivity contribution in [3.63, 3.8) is 0 Å². The molecule has 1 aromatic carbocycles. The van der Waals surface area contributed by atoms with Crippen LogP contribution in [0.3, 0.4) is 0 Å². The minimum atomic E-state index is -0.363. The van der Waals surface area contributed by atoms with Crippen LogP contribution in [0.25, 0.3) is 0 Å². The van der Waals surface area contributed by atoms with Crippen LogP contribution in [0.2, 0.25) is 0 Å². The van der Waals surface area contributed by atoms with Gasteiger partial charge in [-0.25, -0.2) is 4.39 Å². The molecule has 0 saturated heterocycles. The van der Waals surface area contributed by atoms with Gasteiger partial charge in [-0.05, 0) is 26.1 Å². The molecule has 4 heteroatoms. The van der Waals surface area contributed by atoms with E-state index in [-0.39, 0.29) is 17.6 Å². The van der Waals surface area contributed by atoms with Gasteiger partial charge in [-0.2, -0.15) is 0 Å². The molecule has 3 nitrogen and oxygen atoms in total. The lowest BCUT2D eigenvalue weighted by Crippen LogP contribution is -2.33. The molecule has 0 spiro atoms. The minimum Gasteiger partial charge on any atom is -0.508 e. The maximum Gasteiger partial charge on any atom is 0.131 e. The van der Waals surface area contributed by atoms with E-state index >= 15 is 0 Å². The normalized spacial score (nSPS) is 12.9. The molecular weight excluding hydrogens is 231 g/mol. The van der Waals surface area contributed by atoms with E-state index in [2.05, 4.69) is 24.1 Å². The van der Waals surface area contributed by atoms with Gasteiger partial charge in [0, 0.05) is 30.8 Å². The van der Waals surface area contributed by atoms with Gasteiger partial charge in [0.1, 0.15) is 11.6 Å². The molecule has 0 aliphatic rings. The number of phenolic OH excluding ortho intramolecular Hbond substituents is 1. The summed E-state index contributed by atoms with van der Waals surface area (Å²) in [6, 6.07) is 4.24. The molecule has 0 bridgehead atoms. The van der Waals surface area contributed by atoms with Crippen LogP contribution in [0.4, 0.5) is 4.39 Å². The summed E-state index contributed by atoms with van der Waals surface area (Å²) in [6.45, 7) is 10.0. The summed E-state index contributed by atoms with van der Waals surface area (Å²) in [4.78, 5) is 2.31. The SMILES string of the molecule is CCN(CC)CCNC(C)c1ccc(O)cc1F. The molecule has 18 heavy (non-hydrogen) atoms. The van der Waals surface area contributed by atoms with Crippen molar-refractivity contribution in [2.75, 3.05) is 26.2 Å². The molecule has 0 amide bonds. The van der Waals surface area contributed by atoms with E-state index in [1.54, 1.807) is 6.07 Å². The zero-order chi connectivity index (χ0) is 13.5. The predicted molar refractivity (Wildman–Crippen MR) is 72.3 cm³/mol. The lowest BCUT2D eigenvalue weighted by Gasteiger charge is -2.20. The number of aromatic hydroxyl groups is 1. The number of likely N-dealkylation sites (N-methyl/N-ethyl adjacent to an activating group) is 1. The molecule has 1 rings (SSSR count). The van der Waals surface area contributed by atoms with Crippen molar-refractivity contribution in [3.05, 3.63) is 29.6 Å². The van der Waals surface area contributed by atoms with Gasteiger partial charge in [0.2, 0.25) is 0 Å². The third-order valence-corrected chi connectivity index (χ3v) is 3.22. The van der Waals surface area contributed by atoms with Crippen molar-refractivity contribution in [3.8, 4) is 5.75 Å². The number of phenols is 1. The van der Waals surface area contributed by atoms with Crippen molar-refractivity contribution < 1.29 is 9.50 Å². The summed E-state index contributed by atoms with van der Waals surface area (Å²) in [6.07, 6.45) is 0. The monoisotopic (exact) mass is 254 g/mol. The summed E-state index contributed by atoms with van der Waals surface area (Å²) < 4.78 is 13.6. The van der Waals surface area contributed by atoms with Gasteiger partial charge in [0.25, 0.3) is 0 Å². The molecule has 0 radical (unpaired) electrons. The number of hydrogen-bond donors (Lipinski definition) is 2. The molecule has 2 N–H and O–H groups in total. The highest BCUT2D eigenvalue weighted by atomic mass is 19.1. The van der Waals surface area contributed by atoms with Crippen LogP contribution in [-0.2, 0) is 0 Å². The quantitative estimate of drug-likeness (QED) is 0.785. The molecule has 1 unspecified atom stereocenters. The minimum absolute atomic E-state index is 0.0356. The van der Waals surface area contributed by atoms with Crippen molar-refractivity contribution >= 4 is 0 Å². The first-order chi connectivity index (χ1) is 8.58. The molecule has 0 fully saturated rings. The molecule has 0 heterocycles. The Bertz CT molecular complexity index is 367. The van der Waals surface area contributed by atoms with E-state index in [1.807, 2.05) is 6.92 Å². The van der Waals surface area contributed by atoms with Crippen LogP contribution in [0.15, 0.2) is 18.2 Å². The van der Waals surface area contributed by atoms with E-state index < -0.39 is 0 Å². The van der Waals surface area contributed by atoms with E-state index in [0.29, 0.717) is 5.56 Å². The first-order valence-corrected chi connectivity index (χ1v) is 6.52. The lowest BCUT2D eigenvalue weighted by atomic mass is 10.1. The second kappa shape index (κ2) is 7.34. The Balaban J connectivity index is 2.47. The third kappa shape index (κ3) is 4.27. The van der Waals surface area contributed by atoms with E-state index in [4.69, 9.17) is 5.11 Å².